The number of aliphatic hydroxyl groups is 1. The van der Waals surface area contributed by atoms with Gasteiger partial charge in [0.1, 0.15) is 0 Å². The molecule has 7 heteroatoms. The molecule has 2 heterocycles. The molecule has 1 aromatic heterocycles. The Kier molecular flexibility index (Phi) is 4.97. The first kappa shape index (κ1) is 14.9. The zero-order valence-corrected chi connectivity index (χ0v) is 12.6. The summed E-state index contributed by atoms with van der Waals surface area (Å²) in [5.41, 5.74) is 0. The third-order valence-electron chi connectivity index (χ3n) is 3.57. The fourth-order valence-electron chi connectivity index (χ4n) is 2.37. The van der Waals surface area contributed by atoms with E-state index in [2.05, 4.69) is 9.62 Å². The average molecular weight is 304 g/mol. The van der Waals surface area contributed by atoms with E-state index in [-0.39, 0.29) is 17.5 Å². The van der Waals surface area contributed by atoms with Crippen molar-refractivity contribution in [2.24, 2.45) is 0 Å². The van der Waals surface area contributed by atoms with Crippen LogP contribution in [0.2, 0.25) is 0 Å². The van der Waals surface area contributed by atoms with Gasteiger partial charge in [0, 0.05) is 17.5 Å². The number of sulfonamides is 1. The number of likely N-dealkylation sites (tertiary alicyclic amines) is 1. The zero-order valence-electron chi connectivity index (χ0n) is 11.0. The van der Waals surface area contributed by atoms with Crippen molar-refractivity contribution in [2.75, 3.05) is 20.1 Å². The summed E-state index contributed by atoms with van der Waals surface area (Å²) in [5, 5.41) is 10.8. The second kappa shape index (κ2) is 6.32. The van der Waals surface area contributed by atoms with Crippen LogP contribution in [0.25, 0.3) is 0 Å². The van der Waals surface area contributed by atoms with E-state index in [0.717, 1.165) is 19.4 Å². The first-order valence-corrected chi connectivity index (χ1v) is 8.78. The van der Waals surface area contributed by atoms with Gasteiger partial charge < -0.3 is 10.0 Å². The Labute approximate surface area is 118 Å². The Hall–Kier alpha value is -0.470. The van der Waals surface area contributed by atoms with Gasteiger partial charge in [-0.2, -0.15) is 0 Å². The molecule has 1 aliphatic rings. The van der Waals surface area contributed by atoms with E-state index >= 15 is 0 Å². The van der Waals surface area contributed by atoms with E-state index in [9.17, 15) is 8.42 Å². The molecule has 0 bridgehead atoms. The van der Waals surface area contributed by atoms with Crippen molar-refractivity contribution in [1.82, 2.24) is 9.62 Å². The highest BCUT2D eigenvalue weighted by Crippen LogP contribution is 2.22. The molecule has 1 fully saturated rings. The molecule has 108 valence electrons. The topological polar surface area (TPSA) is 69.6 Å². The number of nitrogens with zero attached hydrogens (tertiary/aromatic N) is 1. The summed E-state index contributed by atoms with van der Waals surface area (Å²) in [6.07, 6.45) is 3.35. The predicted octanol–water partition coefficient (Wildman–Crippen LogP) is 1.00. The highest BCUT2D eigenvalue weighted by Gasteiger charge is 2.23. The molecule has 1 atom stereocenters. The molecule has 0 spiro atoms. The summed E-state index contributed by atoms with van der Waals surface area (Å²) in [6.45, 7) is 1.21. The largest absolute Gasteiger partial charge is 0.391 e. The second-order valence-corrected chi connectivity index (χ2v) is 7.58. The molecule has 5 nitrogen and oxygen atoms in total. The van der Waals surface area contributed by atoms with Crippen LogP contribution in [0.1, 0.15) is 24.1 Å². The summed E-state index contributed by atoms with van der Waals surface area (Å²) in [4.78, 5) is 2.90. The molecule has 0 amide bonds. The van der Waals surface area contributed by atoms with Crippen molar-refractivity contribution in [3.63, 3.8) is 0 Å². The van der Waals surface area contributed by atoms with Gasteiger partial charge in [0.15, 0.2) is 0 Å². The summed E-state index contributed by atoms with van der Waals surface area (Å²) in [6, 6.07) is 1.81. The molecule has 1 aromatic rings. The van der Waals surface area contributed by atoms with E-state index in [0.29, 0.717) is 11.4 Å². The molecule has 0 saturated carbocycles. The van der Waals surface area contributed by atoms with Crippen molar-refractivity contribution >= 4 is 21.4 Å². The van der Waals surface area contributed by atoms with Gasteiger partial charge >= 0.3 is 0 Å². The minimum Gasteiger partial charge on any atom is -0.391 e. The SMILES string of the molecule is CN1CCCCC1CNS(=O)(=O)c1ccsc1CO. The lowest BCUT2D eigenvalue weighted by Gasteiger charge is -2.32. The summed E-state index contributed by atoms with van der Waals surface area (Å²) in [7, 11) is -1.48. The lowest BCUT2D eigenvalue weighted by molar-refractivity contribution is 0.187. The first-order valence-electron chi connectivity index (χ1n) is 6.41. The minimum absolute atomic E-state index is 0.207. The molecule has 2 N–H and O–H groups in total. The normalized spacial score (nSPS) is 21.7. The van der Waals surface area contributed by atoms with Gasteiger partial charge in [0.25, 0.3) is 0 Å². The Morgan fingerprint density at radius 2 is 2.32 bits per heavy atom. The van der Waals surface area contributed by atoms with E-state index in [1.54, 1.807) is 11.4 Å². The zero-order chi connectivity index (χ0) is 13.9. The Morgan fingerprint density at radius 3 is 3.00 bits per heavy atom. The summed E-state index contributed by atoms with van der Waals surface area (Å²) < 4.78 is 27.0. The molecule has 2 rings (SSSR count). The van der Waals surface area contributed by atoms with Crippen LogP contribution in [0.5, 0.6) is 0 Å². The second-order valence-electron chi connectivity index (χ2n) is 4.85. The number of nitrogens with one attached hydrogen (secondary N) is 1. The van der Waals surface area contributed by atoms with Gasteiger partial charge in [-0.3, -0.25) is 0 Å². The number of hydrogen-bond acceptors (Lipinski definition) is 5. The standard InChI is InChI=1S/C12H20N2O3S2/c1-14-6-3-2-4-10(14)8-13-19(16,17)12-5-7-18-11(12)9-15/h5,7,10,13,15H,2-4,6,8-9H2,1H3. The van der Waals surface area contributed by atoms with Crippen molar-refractivity contribution in [3.8, 4) is 0 Å². The molecule has 0 radical (unpaired) electrons. The number of rotatable bonds is 5. The van der Waals surface area contributed by atoms with Gasteiger partial charge in [0.05, 0.1) is 11.5 Å². The van der Waals surface area contributed by atoms with E-state index in [4.69, 9.17) is 5.11 Å². The maximum absolute atomic E-state index is 12.2. The molecule has 0 aliphatic carbocycles. The Morgan fingerprint density at radius 1 is 1.53 bits per heavy atom. The number of likely N-dealkylation sites (N-methyl/N-ethyl adjacent to an activating group) is 1. The van der Waals surface area contributed by atoms with E-state index in [1.165, 1.54) is 17.8 Å². The van der Waals surface area contributed by atoms with Gasteiger partial charge in [0.2, 0.25) is 10.0 Å². The number of thiophene rings is 1. The van der Waals surface area contributed by atoms with Crippen LogP contribution in [0.4, 0.5) is 0 Å². The molecule has 1 aliphatic heterocycles. The molecule has 19 heavy (non-hydrogen) atoms. The highest BCUT2D eigenvalue weighted by molar-refractivity contribution is 7.89. The van der Waals surface area contributed by atoms with Crippen molar-refractivity contribution in [1.29, 1.82) is 0 Å². The van der Waals surface area contributed by atoms with Gasteiger partial charge in [-0.15, -0.1) is 11.3 Å². The molecular weight excluding hydrogens is 284 g/mol. The average Bonchev–Trinajstić information content (AvgIpc) is 2.87. The van der Waals surface area contributed by atoms with Crippen molar-refractivity contribution in [2.45, 2.75) is 36.8 Å². The quantitative estimate of drug-likeness (QED) is 0.851. The van der Waals surface area contributed by atoms with Crippen LogP contribution in [-0.4, -0.2) is 44.6 Å². The minimum atomic E-state index is -3.51. The monoisotopic (exact) mass is 304 g/mol. The van der Waals surface area contributed by atoms with Crippen molar-refractivity contribution < 1.29 is 13.5 Å². The van der Waals surface area contributed by atoms with Crippen LogP contribution < -0.4 is 4.72 Å². The molecule has 1 unspecified atom stereocenters. The van der Waals surface area contributed by atoms with Gasteiger partial charge in [-0.25, -0.2) is 13.1 Å². The van der Waals surface area contributed by atoms with Crippen LogP contribution in [0.15, 0.2) is 16.3 Å². The fraction of sp³-hybridized carbons (Fsp3) is 0.667. The smallest absolute Gasteiger partial charge is 0.241 e. The van der Waals surface area contributed by atoms with Gasteiger partial charge in [-0.1, -0.05) is 6.42 Å². The lowest BCUT2D eigenvalue weighted by Crippen LogP contribution is -2.44. The number of aliphatic hydroxyl groups excluding tert-OH is 1. The number of hydrogen-bond donors (Lipinski definition) is 2. The predicted molar refractivity (Wildman–Crippen MR) is 75.7 cm³/mol. The van der Waals surface area contributed by atoms with Crippen LogP contribution in [0, 0.1) is 0 Å². The first-order chi connectivity index (χ1) is 9.04. The summed E-state index contributed by atoms with van der Waals surface area (Å²) >= 11 is 1.26. The molecular formula is C12H20N2O3S2. The van der Waals surface area contributed by atoms with Crippen LogP contribution in [-0.2, 0) is 16.6 Å². The molecule has 1 saturated heterocycles. The van der Waals surface area contributed by atoms with E-state index in [1.807, 2.05) is 7.05 Å². The Bertz CT molecular complexity index is 513. The van der Waals surface area contributed by atoms with Crippen LogP contribution >= 0.6 is 11.3 Å². The third-order valence-corrected chi connectivity index (χ3v) is 6.11. The lowest BCUT2D eigenvalue weighted by atomic mass is 10.0. The van der Waals surface area contributed by atoms with Crippen molar-refractivity contribution in [3.05, 3.63) is 16.3 Å². The Balaban J connectivity index is 2.01. The molecule has 0 aromatic carbocycles. The van der Waals surface area contributed by atoms with Crippen LogP contribution in [0.3, 0.4) is 0 Å². The number of piperidine rings is 1. The highest BCUT2D eigenvalue weighted by atomic mass is 32.2. The third kappa shape index (κ3) is 3.55. The van der Waals surface area contributed by atoms with Gasteiger partial charge in [-0.05, 0) is 37.9 Å². The maximum atomic E-state index is 12.2. The van der Waals surface area contributed by atoms with E-state index < -0.39 is 10.0 Å². The fourth-order valence-corrected chi connectivity index (χ4v) is 4.73. The maximum Gasteiger partial charge on any atom is 0.241 e. The summed E-state index contributed by atoms with van der Waals surface area (Å²) in [5.74, 6) is 0.